The fourth-order valence-electron chi connectivity index (χ4n) is 2.05. The molecular weight excluding hydrogens is 272 g/mol. The number of hydrogen-bond donors (Lipinski definition) is 1. The second-order valence-corrected chi connectivity index (χ2v) is 5.46. The smallest absolute Gasteiger partial charge is 0.275 e. The van der Waals surface area contributed by atoms with Crippen LogP contribution in [0.2, 0.25) is 0 Å². The van der Waals surface area contributed by atoms with Crippen LogP contribution in [0.5, 0.6) is 0 Å². The van der Waals surface area contributed by atoms with Crippen LogP contribution >= 0.6 is 11.3 Å². The molecule has 0 atom stereocenters. The summed E-state index contributed by atoms with van der Waals surface area (Å²) >= 11 is 1.35. The molecule has 1 aromatic carbocycles. The summed E-state index contributed by atoms with van der Waals surface area (Å²) in [7, 11) is 0. The SMILES string of the molecule is CCc1cc(Nc2nn3c(=O)ccnc3s2)ccc1C. The lowest BCUT2D eigenvalue weighted by Gasteiger charge is -2.07. The molecule has 0 spiro atoms. The highest BCUT2D eigenvalue weighted by atomic mass is 32.1. The van der Waals surface area contributed by atoms with Crippen molar-refractivity contribution in [2.75, 3.05) is 5.32 Å². The lowest BCUT2D eigenvalue weighted by atomic mass is 10.1. The maximum atomic E-state index is 11.6. The van der Waals surface area contributed by atoms with E-state index in [2.05, 4.69) is 41.4 Å². The zero-order valence-corrected chi connectivity index (χ0v) is 12.1. The largest absolute Gasteiger partial charge is 0.330 e. The van der Waals surface area contributed by atoms with Crippen LogP contribution in [-0.2, 0) is 6.42 Å². The summed E-state index contributed by atoms with van der Waals surface area (Å²) in [4.78, 5) is 16.3. The van der Waals surface area contributed by atoms with Gasteiger partial charge in [-0.25, -0.2) is 4.98 Å². The van der Waals surface area contributed by atoms with E-state index >= 15 is 0 Å². The minimum absolute atomic E-state index is 0.169. The van der Waals surface area contributed by atoms with E-state index < -0.39 is 0 Å². The molecule has 0 fully saturated rings. The minimum atomic E-state index is -0.169. The van der Waals surface area contributed by atoms with Gasteiger partial charge in [-0.05, 0) is 36.6 Å². The quantitative estimate of drug-likeness (QED) is 0.804. The number of aromatic nitrogens is 3. The molecule has 0 unspecified atom stereocenters. The highest BCUT2D eigenvalue weighted by Gasteiger charge is 2.07. The molecule has 2 aromatic heterocycles. The molecule has 5 nitrogen and oxygen atoms in total. The van der Waals surface area contributed by atoms with Gasteiger partial charge in [0.1, 0.15) is 0 Å². The molecule has 102 valence electrons. The van der Waals surface area contributed by atoms with Crippen molar-refractivity contribution in [2.45, 2.75) is 20.3 Å². The van der Waals surface area contributed by atoms with Crippen molar-refractivity contribution in [3.63, 3.8) is 0 Å². The summed E-state index contributed by atoms with van der Waals surface area (Å²) in [6.07, 6.45) is 2.49. The zero-order valence-electron chi connectivity index (χ0n) is 11.3. The van der Waals surface area contributed by atoms with Crippen LogP contribution in [0.3, 0.4) is 0 Å². The number of nitrogens with zero attached hydrogens (tertiary/aromatic N) is 3. The van der Waals surface area contributed by atoms with E-state index in [0.29, 0.717) is 10.1 Å². The van der Waals surface area contributed by atoms with Gasteiger partial charge in [-0.1, -0.05) is 24.3 Å². The average molecular weight is 286 g/mol. The molecule has 0 aliphatic heterocycles. The summed E-state index contributed by atoms with van der Waals surface area (Å²) in [6, 6.07) is 7.60. The summed E-state index contributed by atoms with van der Waals surface area (Å²) in [5, 5.41) is 8.12. The number of benzene rings is 1. The first-order valence-corrected chi connectivity index (χ1v) is 7.20. The summed E-state index contributed by atoms with van der Waals surface area (Å²) in [5.74, 6) is 0. The van der Waals surface area contributed by atoms with E-state index in [4.69, 9.17) is 0 Å². The van der Waals surface area contributed by atoms with Crippen LogP contribution < -0.4 is 10.9 Å². The fourth-order valence-corrected chi connectivity index (χ4v) is 2.84. The van der Waals surface area contributed by atoms with Gasteiger partial charge in [0, 0.05) is 18.0 Å². The topological polar surface area (TPSA) is 59.3 Å². The van der Waals surface area contributed by atoms with Crippen molar-refractivity contribution >= 4 is 27.1 Å². The molecule has 0 radical (unpaired) electrons. The Balaban J connectivity index is 1.97. The molecule has 0 saturated heterocycles. The molecule has 0 bridgehead atoms. The van der Waals surface area contributed by atoms with Crippen molar-refractivity contribution in [3.05, 3.63) is 51.9 Å². The Morgan fingerprint density at radius 2 is 2.20 bits per heavy atom. The summed E-state index contributed by atoms with van der Waals surface area (Å²) in [6.45, 7) is 4.23. The predicted octanol–water partition coefficient (Wildman–Crippen LogP) is 2.77. The minimum Gasteiger partial charge on any atom is -0.330 e. The van der Waals surface area contributed by atoms with Gasteiger partial charge in [0.2, 0.25) is 10.1 Å². The number of nitrogens with one attached hydrogen (secondary N) is 1. The Hall–Kier alpha value is -2.21. The monoisotopic (exact) mass is 286 g/mol. The van der Waals surface area contributed by atoms with Crippen LogP contribution in [0.4, 0.5) is 10.8 Å². The standard InChI is InChI=1S/C14H14N4OS/c1-3-10-8-11(5-4-9(10)2)16-13-17-18-12(19)6-7-15-14(18)20-13/h4-8H,3H2,1-2H3,(H,16,17). The maximum Gasteiger partial charge on any atom is 0.275 e. The molecular formula is C14H14N4OS. The van der Waals surface area contributed by atoms with Gasteiger partial charge in [0.25, 0.3) is 5.56 Å². The third kappa shape index (κ3) is 2.30. The number of rotatable bonds is 3. The van der Waals surface area contributed by atoms with E-state index in [1.807, 2.05) is 6.07 Å². The highest BCUT2D eigenvalue weighted by molar-refractivity contribution is 7.20. The molecule has 3 rings (SSSR count). The second-order valence-electron chi connectivity index (χ2n) is 4.50. The van der Waals surface area contributed by atoms with Crippen molar-refractivity contribution in [1.29, 1.82) is 0 Å². The molecule has 6 heteroatoms. The van der Waals surface area contributed by atoms with Crippen LogP contribution in [0.15, 0.2) is 35.3 Å². The molecule has 3 aromatic rings. The molecule has 0 saturated carbocycles. The number of hydrogen-bond acceptors (Lipinski definition) is 5. The van der Waals surface area contributed by atoms with Crippen molar-refractivity contribution < 1.29 is 0 Å². The maximum absolute atomic E-state index is 11.6. The van der Waals surface area contributed by atoms with E-state index in [1.165, 1.54) is 39.2 Å². The molecule has 0 aliphatic carbocycles. The van der Waals surface area contributed by atoms with E-state index in [9.17, 15) is 4.79 Å². The lowest BCUT2D eigenvalue weighted by molar-refractivity contribution is 0.903. The molecule has 1 N–H and O–H groups in total. The molecule has 0 aliphatic rings. The number of anilines is 2. The van der Waals surface area contributed by atoms with Gasteiger partial charge >= 0.3 is 0 Å². The van der Waals surface area contributed by atoms with Gasteiger partial charge in [0.15, 0.2) is 0 Å². The van der Waals surface area contributed by atoms with Crippen molar-refractivity contribution in [3.8, 4) is 0 Å². The van der Waals surface area contributed by atoms with Gasteiger partial charge in [-0.15, -0.1) is 5.10 Å². The van der Waals surface area contributed by atoms with E-state index in [1.54, 1.807) is 0 Å². The van der Waals surface area contributed by atoms with E-state index in [-0.39, 0.29) is 5.56 Å². The summed E-state index contributed by atoms with van der Waals surface area (Å²) in [5.41, 5.74) is 3.38. The second kappa shape index (κ2) is 5.05. The Labute approximate surface area is 119 Å². The van der Waals surface area contributed by atoms with Gasteiger partial charge in [0.05, 0.1) is 0 Å². The van der Waals surface area contributed by atoms with Gasteiger partial charge < -0.3 is 5.32 Å². The molecule has 20 heavy (non-hydrogen) atoms. The summed E-state index contributed by atoms with van der Waals surface area (Å²) < 4.78 is 1.31. The number of fused-ring (bicyclic) bond motifs is 1. The normalized spacial score (nSPS) is 10.9. The van der Waals surface area contributed by atoms with Gasteiger partial charge in [-0.2, -0.15) is 4.52 Å². The third-order valence-electron chi connectivity index (χ3n) is 3.15. The first-order valence-electron chi connectivity index (χ1n) is 6.39. The predicted molar refractivity (Wildman–Crippen MR) is 81.0 cm³/mol. The van der Waals surface area contributed by atoms with Crippen LogP contribution in [-0.4, -0.2) is 14.6 Å². The van der Waals surface area contributed by atoms with E-state index in [0.717, 1.165) is 12.1 Å². The van der Waals surface area contributed by atoms with Crippen molar-refractivity contribution in [1.82, 2.24) is 14.6 Å². The first-order chi connectivity index (χ1) is 9.67. The third-order valence-corrected chi connectivity index (χ3v) is 3.99. The zero-order chi connectivity index (χ0) is 14.1. The van der Waals surface area contributed by atoms with Crippen LogP contribution in [0.25, 0.3) is 4.96 Å². The molecule has 0 amide bonds. The first kappa shape index (κ1) is 12.8. The fraction of sp³-hybridized carbons (Fsp3) is 0.214. The Morgan fingerprint density at radius 3 is 2.95 bits per heavy atom. The lowest BCUT2D eigenvalue weighted by Crippen LogP contribution is -2.12. The van der Waals surface area contributed by atoms with Crippen LogP contribution in [0.1, 0.15) is 18.1 Å². The molecule has 2 heterocycles. The Bertz CT molecular complexity index is 821. The highest BCUT2D eigenvalue weighted by Crippen LogP contribution is 2.23. The van der Waals surface area contributed by atoms with Gasteiger partial charge in [-0.3, -0.25) is 4.79 Å². The van der Waals surface area contributed by atoms with Crippen LogP contribution in [0, 0.1) is 6.92 Å². The van der Waals surface area contributed by atoms with Crippen molar-refractivity contribution in [2.24, 2.45) is 0 Å². The average Bonchev–Trinajstić information content (AvgIpc) is 2.85. The number of aryl methyl sites for hydroxylation is 2. The Morgan fingerprint density at radius 1 is 1.35 bits per heavy atom. The Kier molecular flexibility index (Phi) is 3.23.